The molecule has 0 aromatic rings. The molecular formula is C30H52O4. The quantitative estimate of drug-likeness (QED) is 0.406. The second kappa shape index (κ2) is 8.30. The standard InChI is InChI=1S/C30H52O4/c1-18(2)10-9-13-29(7,34)19-11-14-27(5)20(19)16-21(31)25-28(27,6)15-12-22-26(3,4)23(32)17-24(33)30(22,25)8/h10,19-25,31-34H,9,11-17H2,1-8H3/t19-,20?,21?,22?,23-,24+,25?,27+,28+,29+,30+/m0/s1. The normalized spacial score (nSPS) is 51.6. The first-order valence-corrected chi connectivity index (χ1v) is 13.9. The highest BCUT2D eigenvalue weighted by molar-refractivity contribution is 5.21. The van der Waals surface area contributed by atoms with Crippen molar-refractivity contribution in [3.8, 4) is 0 Å². The molecule has 11 atom stereocenters. The highest BCUT2D eigenvalue weighted by Gasteiger charge is 2.73. The molecular weight excluding hydrogens is 424 g/mol. The van der Waals surface area contributed by atoms with E-state index in [1.807, 2.05) is 6.92 Å². The van der Waals surface area contributed by atoms with E-state index < -0.39 is 29.3 Å². The Morgan fingerprint density at radius 1 is 0.912 bits per heavy atom. The summed E-state index contributed by atoms with van der Waals surface area (Å²) in [6.45, 7) is 17.6. The Balaban J connectivity index is 1.69. The third-order valence-electron chi connectivity index (χ3n) is 12.4. The summed E-state index contributed by atoms with van der Waals surface area (Å²) >= 11 is 0. The smallest absolute Gasteiger partial charge is 0.0653 e. The zero-order valence-corrected chi connectivity index (χ0v) is 23.1. The van der Waals surface area contributed by atoms with Crippen molar-refractivity contribution >= 4 is 0 Å². The van der Waals surface area contributed by atoms with Crippen LogP contribution in [0.5, 0.6) is 0 Å². The van der Waals surface area contributed by atoms with E-state index >= 15 is 0 Å². The molecule has 4 rings (SSSR count). The zero-order chi connectivity index (χ0) is 25.5. The third-order valence-corrected chi connectivity index (χ3v) is 12.4. The average molecular weight is 477 g/mol. The van der Waals surface area contributed by atoms with Gasteiger partial charge in [-0.3, -0.25) is 0 Å². The van der Waals surface area contributed by atoms with E-state index in [9.17, 15) is 20.4 Å². The van der Waals surface area contributed by atoms with Gasteiger partial charge in [0.15, 0.2) is 0 Å². The van der Waals surface area contributed by atoms with Crippen molar-refractivity contribution in [1.82, 2.24) is 0 Å². The highest BCUT2D eigenvalue weighted by Crippen LogP contribution is 2.75. The summed E-state index contributed by atoms with van der Waals surface area (Å²) in [5.41, 5.74) is -0.234. The van der Waals surface area contributed by atoms with Gasteiger partial charge in [-0.25, -0.2) is 0 Å². The van der Waals surface area contributed by atoms with Gasteiger partial charge >= 0.3 is 0 Å². The maximum Gasteiger partial charge on any atom is 0.0653 e. The van der Waals surface area contributed by atoms with E-state index in [4.69, 9.17) is 0 Å². The maximum absolute atomic E-state index is 11.9. The Bertz CT molecular complexity index is 813. The molecule has 196 valence electrons. The molecule has 34 heavy (non-hydrogen) atoms. The predicted molar refractivity (Wildman–Crippen MR) is 137 cm³/mol. The Morgan fingerprint density at radius 3 is 2.15 bits per heavy atom. The second-order valence-electron chi connectivity index (χ2n) is 14.6. The Kier molecular flexibility index (Phi) is 6.50. The number of aliphatic hydroxyl groups is 4. The predicted octanol–water partition coefficient (Wildman–Crippen LogP) is 5.47. The van der Waals surface area contributed by atoms with Gasteiger partial charge < -0.3 is 20.4 Å². The number of aliphatic hydroxyl groups excluding tert-OH is 3. The molecule has 0 heterocycles. The van der Waals surface area contributed by atoms with Gasteiger partial charge in [-0.05, 0) is 106 Å². The summed E-state index contributed by atoms with van der Waals surface area (Å²) < 4.78 is 0. The minimum absolute atomic E-state index is 0.00357. The first kappa shape index (κ1) is 26.6. The van der Waals surface area contributed by atoms with E-state index in [1.54, 1.807) is 0 Å². The van der Waals surface area contributed by atoms with Gasteiger partial charge in [0.25, 0.3) is 0 Å². The summed E-state index contributed by atoms with van der Waals surface area (Å²) in [6, 6.07) is 0. The number of hydrogen-bond donors (Lipinski definition) is 4. The monoisotopic (exact) mass is 476 g/mol. The summed E-state index contributed by atoms with van der Waals surface area (Å²) in [5.74, 6) is 0.646. The SMILES string of the molecule is CC(C)=CCC[C@@](C)(O)[C@H]1CC[C@]2(C)C1CC(O)C1[C@]3(C)C(CC[C@]12C)C(C)(C)[C@@H](O)C[C@H]3O. The molecule has 0 aromatic heterocycles. The molecule has 4 heteroatoms. The van der Waals surface area contributed by atoms with Crippen molar-refractivity contribution in [2.24, 2.45) is 45.3 Å². The van der Waals surface area contributed by atoms with Crippen LogP contribution in [0.4, 0.5) is 0 Å². The average Bonchev–Trinajstić information content (AvgIpc) is 3.05. The number of fused-ring (bicyclic) bond motifs is 5. The van der Waals surface area contributed by atoms with Crippen LogP contribution in [0.25, 0.3) is 0 Å². The third kappa shape index (κ3) is 3.52. The van der Waals surface area contributed by atoms with Crippen LogP contribution in [0.15, 0.2) is 11.6 Å². The van der Waals surface area contributed by atoms with Crippen LogP contribution in [0.1, 0.15) is 107 Å². The Labute approximate surface area is 208 Å². The van der Waals surface area contributed by atoms with Gasteiger partial charge in [-0.1, -0.05) is 46.3 Å². The van der Waals surface area contributed by atoms with E-state index in [0.29, 0.717) is 12.8 Å². The van der Waals surface area contributed by atoms with Crippen LogP contribution in [0.2, 0.25) is 0 Å². The molecule has 0 spiro atoms. The highest BCUT2D eigenvalue weighted by atomic mass is 16.3. The molecule has 4 nitrogen and oxygen atoms in total. The lowest BCUT2D eigenvalue weighted by Crippen LogP contribution is -2.71. The van der Waals surface area contributed by atoms with Crippen LogP contribution in [-0.4, -0.2) is 44.3 Å². The molecule has 4 N–H and O–H groups in total. The molecule has 4 saturated carbocycles. The largest absolute Gasteiger partial charge is 0.393 e. The molecule has 0 aromatic carbocycles. The van der Waals surface area contributed by atoms with Gasteiger partial charge in [0.2, 0.25) is 0 Å². The summed E-state index contributed by atoms with van der Waals surface area (Å²) in [6.07, 6.45) is 7.42. The summed E-state index contributed by atoms with van der Waals surface area (Å²) in [7, 11) is 0. The lowest BCUT2D eigenvalue weighted by molar-refractivity contribution is -0.284. The molecule has 4 fully saturated rings. The molecule has 0 amide bonds. The van der Waals surface area contributed by atoms with Gasteiger partial charge in [-0.2, -0.15) is 0 Å². The van der Waals surface area contributed by atoms with Crippen LogP contribution < -0.4 is 0 Å². The number of allylic oxidation sites excluding steroid dienone is 2. The van der Waals surface area contributed by atoms with Crippen molar-refractivity contribution in [2.75, 3.05) is 0 Å². The van der Waals surface area contributed by atoms with Crippen molar-refractivity contribution in [1.29, 1.82) is 0 Å². The van der Waals surface area contributed by atoms with E-state index in [-0.39, 0.29) is 39.9 Å². The first-order chi connectivity index (χ1) is 15.5. The number of rotatable bonds is 4. The van der Waals surface area contributed by atoms with Crippen molar-refractivity contribution in [3.63, 3.8) is 0 Å². The minimum Gasteiger partial charge on any atom is -0.393 e. The number of hydrogen-bond acceptors (Lipinski definition) is 4. The molecule has 4 aliphatic rings. The minimum atomic E-state index is -0.741. The van der Waals surface area contributed by atoms with Crippen LogP contribution in [0, 0.1) is 45.3 Å². The molecule has 0 radical (unpaired) electrons. The molecule has 0 aliphatic heterocycles. The molecule has 0 bridgehead atoms. The maximum atomic E-state index is 11.9. The summed E-state index contributed by atoms with van der Waals surface area (Å²) in [5, 5.41) is 45.8. The fourth-order valence-corrected chi connectivity index (χ4v) is 10.3. The topological polar surface area (TPSA) is 80.9 Å². The van der Waals surface area contributed by atoms with Crippen LogP contribution >= 0.6 is 0 Å². The lowest BCUT2D eigenvalue weighted by Gasteiger charge is -2.71. The van der Waals surface area contributed by atoms with Gasteiger partial charge in [0.05, 0.1) is 23.9 Å². The first-order valence-electron chi connectivity index (χ1n) is 13.9. The Morgan fingerprint density at radius 2 is 1.53 bits per heavy atom. The van der Waals surface area contributed by atoms with E-state index in [2.05, 4.69) is 54.5 Å². The second-order valence-corrected chi connectivity index (χ2v) is 14.6. The van der Waals surface area contributed by atoms with Crippen molar-refractivity contribution in [3.05, 3.63) is 11.6 Å². The van der Waals surface area contributed by atoms with Crippen LogP contribution in [0.3, 0.4) is 0 Å². The Hall–Kier alpha value is -0.420. The molecule has 4 aliphatic carbocycles. The van der Waals surface area contributed by atoms with Gasteiger partial charge in [0, 0.05) is 11.8 Å². The lowest BCUT2D eigenvalue weighted by atomic mass is 9.34. The van der Waals surface area contributed by atoms with Crippen molar-refractivity contribution in [2.45, 2.75) is 131 Å². The van der Waals surface area contributed by atoms with E-state index in [1.165, 1.54) is 5.57 Å². The van der Waals surface area contributed by atoms with Crippen LogP contribution in [-0.2, 0) is 0 Å². The zero-order valence-electron chi connectivity index (χ0n) is 23.1. The molecule has 4 unspecified atom stereocenters. The van der Waals surface area contributed by atoms with Gasteiger partial charge in [-0.15, -0.1) is 0 Å². The fourth-order valence-electron chi connectivity index (χ4n) is 10.3. The van der Waals surface area contributed by atoms with Gasteiger partial charge in [0.1, 0.15) is 0 Å². The fraction of sp³-hybridized carbons (Fsp3) is 0.933. The molecule has 0 saturated heterocycles. The van der Waals surface area contributed by atoms with Crippen molar-refractivity contribution < 1.29 is 20.4 Å². The van der Waals surface area contributed by atoms with E-state index in [0.717, 1.165) is 38.5 Å². The summed E-state index contributed by atoms with van der Waals surface area (Å²) in [4.78, 5) is 0.